The molecule has 28 heavy (non-hydrogen) atoms. The first-order valence-corrected chi connectivity index (χ1v) is 8.69. The third-order valence-electron chi connectivity index (χ3n) is 3.92. The largest absolute Gasteiger partial charge is 0.304 e. The highest BCUT2D eigenvalue weighted by Crippen LogP contribution is 2.24. The van der Waals surface area contributed by atoms with Gasteiger partial charge in [-0.1, -0.05) is 29.4 Å². The summed E-state index contributed by atoms with van der Waals surface area (Å²) >= 11 is 1.23. The second-order valence-electron chi connectivity index (χ2n) is 5.77. The van der Waals surface area contributed by atoms with Gasteiger partial charge in [-0.05, 0) is 18.6 Å². The first kappa shape index (κ1) is 18.9. The van der Waals surface area contributed by atoms with Gasteiger partial charge in [-0.2, -0.15) is 4.99 Å². The number of aromatic nitrogens is 1. The van der Waals surface area contributed by atoms with Crippen molar-refractivity contribution in [2.45, 2.75) is 13.5 Å². The lowest BCUT2D eigenvalue weighted by Gasteiger charge is -2.02. The van der Waals surface area contributed by atoms with Crippen molar-refractivity contribution in [2.24, 2.45) is 4.99 Å². The molecular weight excluding hydrogens is 384 g/mol. The van der Waals surface area contributed by atoms with Gasteiger partial charge in [0.05, 0.1) is 38.2 Å². The van der Waals surface area contributed by atoms with Crippen molar-refractivity contribution in [3.8, 4) is 12.3 Å². The number of carbonyl (C=O) groups excluding carboxylic acids is 1. The number of fused-ring (bicyclic) bond motifs is 1. The Labute approximate surface area is 161 Å². The molecule has 10 heteroatoms. The maximum atomic E-state index is 12.6. The molecule has 1 amide bonds. The molecular formula is C18H12N4O5S. The van der Waals surface area contributed by atoms with Gasteiger partial charge in [-0.3, -0.25) is 25.0 Å². The molecule has 140 valence electrons. The molecule has 0 atom stereocenters. The van der Waals surface area contributed by atoms with E-state index in [1.165, 1.54) is 11.3 Å². The van der Waals surface area contributed by atoms with Gasteiger partial charge in [-0.15, -0.1) is 6.42 Å². The molecule has 0 aliphatic rings. The topological polar surface area (TPSA) is 121 Å². The minimum absolute atomic E-state index is 0.173. The number of hydrogen-bond acceptors (Lipinski definition) is 6. The zero-order chi connectivity index (χ0) is 20.4. The lowest BCUT2D eigenvalue weighted by atomic mass is 10.1. The predicted molar refractivity (Wildman–Crippen MR) is 103 cm³/mol. The first-order valence-electron chi connectivity index (χ1n) is 7.87. The van der Waals surface area contributed by atoms with Crippen LogP contribution in [0.5, 0.6) is 0 Å². The molecule has 0 saturated heterocycles. The van der Waals surface area contributed by atoms with Crippen LogP contribution in [0.25, 0.3) is 10.2 Å². The van der Waals surface area contributed by atoms with E-state index < -0.39 is 27.1 Å². The summed E-state index contributed by atoms with van der Waals surface area (Å²) < 4.78 is 2.56. The average molecular weight is 396 g/mol. The number of nitro groups is 2. The molecule has 0 fully saturated rings. The Hall–Kier alpha value is -3.84. The summed E-state index contributed by atoms with van der Waals surface area (Å²) in [5.74, 6) is 1.68. The van der Waals surface area contributed by atoms with Gasteiger partial charge >= 0.3 is 0 Å². The van der Waals surface area contributed by atoms with E-state index in [0.717, 1.165) is 34.0 Å². The number of carbonyl (C=O) groups is 1. The molecule has 0 radical (unpaired) electrons. The summed E-state index contributed by atoms with van der Waals surface area (Å²) in [6.45, 7) is 2.07. The van der Waals surface area contributed by atoms with Crippen LogP contribution < -0.4 is 4.80 Å². The number of thiazole rings is 1. The number of terminal acetylenes is 1. The quantitative estimate of drug-likeness (QED) is 0.381. The van der Waals surface area contributed by atoms with Gasteiger partial charge in [-0.25, -0.2) is 0 Å². The fourth-order valence-electron chi connectivity index (χ4n) is 2.71. The van der Waals surface area contributed by atoms with Crippen LogP contribution in [0.1, 0.15) is 15.9 Å². The Morgan fingerprint density at radius 1 is 1.21 bits per heavy atom. The molecule has 0 aliphatic heterocycles. The fourth-order valence-corrected chi connectivity index (χ4v) is 3.82. The van der Waals surface area contributed by atoms with Crippen molar-refractivity contribution in [1.82, 2.24) is 4.57 Å². The van der Waals surface area contributed by atoms with Gasteiger partial charge in [0, 0.05) is 12.1 Å². The van der Waals surface area contributed by atoms with Crippen LogP contribution in [0.4, 0.5) is 11.4 Å². The minimum atomic E-state index is -0.832. The van der Waals surface area contributed by atoms with E-state index in [-0.39, 0.29) is 12.1 Å². The monoisotopic (exact) mass is 396 g/mol. The highest BCUT2D eigenvalue weighted by atomic mass is 32.1. The second-order valence-corrected chi connectivity index (χ2v) is 6.77. The second kappa shape index (κ2) is 7.42. The van der Waals surface area contributed by atoms with E-state index in [2.05, 4.69) is 10.9 Å². The Kier molecular flexibility index (Phi) is 5.02. The van der Waals surface area contributed by atoms with E-state index >= 15 is 0 Å². The van der Waals surface area contributed by atoms with Crippen LogP contribution in [0.2, 0.25) is 0 Å². The number of rotatable bonds is 4. The zero-order valence-electron chi connectivity index (χ0n) is 14.5. The highest BCUT2D eigenvalue weighted by Gasteiger charge is 2.20. The van der Waals surface area contributed by atoms with Crippen LogP contribution >= 0.6 is 11.3 Å². The molecule has 9 nitrogen and oxygen atoms in total. The van der Waals surface area contributed by atoms with Crippen LogP contribution in [0.15, 0.2) is 41.4 Å². The molecule has 3 rings (SSSR count). The molecule has 1 heterocycles. The van der Waals surface area contributed by atoms with Crippen LogP contribution in [-0.2, 0) is 6.54 Å². The Bertz CT molecular complexity index is 1220. The van der Waals surface area contributed by atoms with Crippen molar-refractivity contribution >= 4 is 38.8 Å². The summed E-state index contributed by atoms with van der Waals surface area (Å²) in [6.07, 6.45) is 5.44. The summed E-state index contributed by atoms with van der Waals surface area (Å²) in [5, 5.41) is 22.0. The molecule has 0 aliphatic carbocycles. The number of nitro benzene ring substituents is 2. The summed E-state index contributed by atoms with van der Waals surface area (Å²) in [6, 6.07) is 8.34. The predicted octanol–water partition coefficient (Wildman–Crippen LogP) is 3.20. The standard InChI is InChI=1S/C18H12N4O5S/c1-3-7-20-16-11(2)5-4-6-15(16)28-18(20)19-17(23)12-8-13(21(24)25)10-14(9-12)22(26)27/h1,4-6,8-10H,7H2,2H3. The lowest BCUT2D eigenvalue weighted by Crippen LogP contribution is -2.17. The third kappa shape index (κ3) is 3.51. The Morgan fingerprint density at radius 2 is 1.86 bits per heavy atom. The number of aryl methyl sites for hydroxylation is 1. The van der Waals surface area contributed by atoms with Crippen molar-refractivity contribution in [2.75, 3.05) is 0 Å². The molecule has 2 aromatic carbocycles. The molecule has 0 N–H and O–H groups in total. The average Bonchev–Trinajstić information content (AvgIpc) is 3.00. The van der Waals surface area contributed by atoms with Crippen molar-refractivity contribution < 1.29 is 14.6 Å². The summed E-state index contributed by atoms with van der Waals surface area (Å²) in [4.78, 5) is 37.4. The fraction of sp³-hybridized carbons (Fsp3) is 0.111. The number of hydrogen-bond donors (Lipinski definition) is 0. The van der Waals surface area contributed by atoms with Crippen LogP contribution in [0.3, 0.4) is 0 Å². The SMILES string of the molecule is C#CCn1c(=NC(=O)c2cc([N+](=O)[O-])cc([N+](=O)[O-])c2)sc2cccc(C)c21. The number of nitrogens with zero attached hydrogens (tertiary/aromatic N) is 4. The number of non-ortho nitro benzene ring substituents is 2. The van der Waals surface area contributed by atoms with Crippen LogP contribution in [-0.4, -0.2) is 20.3 Å². The number of para-hydroxylation sites is 1. The summed E-state index contributed by atoms with van der Waals surface area (Å²) in [5.41, 5.74) is 0.418. The molecule has 0 unspecified atom stereocenters. The smallest absolute Gasteiger partial charge is 0.280 e. The summed E-state index contributed by atoms with van der Waals surface area (Å²) in [7, 11) is 0. The molecule has 3 aromatic rings. The van der Waals surface area contributed by atoms with Crippen molar-refractivity contribution in [3.63, 3.8) is 0 Å². The van der Waals surface area contributed by atoms with Gasteiger partial charge in [0.15, 0.2) is 4.80 Å². The van der Waals surface area contributed by atoms with Gasteiger partial charge < -0.3 is 4.57 Å². The van der Waals surface area contributed by atoms with E-state index in [4.69, 9.17) is 6.42 Å². The van der Waals surface area contributed by atoms with Crippen molar-refractivity contribution in [1.29, 1.82) is 0 Å². The van der Waals surface area contributed by atoms with Crippen LogP contribution in [0, 0.1) is 39.5 Å². The minimum Gasteiger partial charge on any atom is -0.304 e. The van der Waals surface area contributed by atoms with Crippen molar-refractivity contribution in [3.05, 3.63) is 72.6 Å². The normalized spacial score (nSPS) is 11.4. The molecule has 1 aromatic heterocycles. The maximum absolute atomic E-state index is 12.6. The molecule has 0 saturated carbocycles. The van der Waals surface area contributed by atoms with E-state index in [1.54, 1.807) is 4.57 Å². The Balaban J connectivity index is 2.20. The van der Waals surface area contributed by atoms with Gasteiger partial charge in [0.25, 0.3) is 17.3 Å². The van der Waals surface area contributed by atoms with E-state index in [0.29, 0.717) is 4.80 Å². The maximum Gasteiger partial charge on any atom is 0.280 e. The zero-order valence-corrected chi connectivity index (χ0v) is 15.3. The molecule has 0 spiro atoms. The lowest BCUT2D eigenvalue weighted by molar-refractivity contribution is -0.394. The molecule has 0 bridgehead atoms. The first-order chi connectivity index (χ1) is 13.3. The highest BCUT2D eigenvalue weighted by molar-refractivity contribution is 7.16. The van der Waals surface area contributed by atoms with Gasteiger partial charge in [0.1, 0.15) is 0 Å². The number of amides is 1. The van der Waals surface area contributed by atoms with Gasteiger partial charge in [0.2, 0.25) is 0 Å². The van der Waals surface area contributed by atoms with E-state index in [9.17, 15) is 25.0 Å². The third-order valence-corrected chi connectivity index (χ3v) is 4.96. The number of benzene rings is 2. The van der Waals surface area contributed by atoms with E-state index in [1.807, 2.05) is 25.1 Å². The Morgan fingerprint density at radius 3 is 2.43 bits per heavy atom.